The van der Waals surface area contributed by atoms with Gasteiger partial charge in [0.1, 0.15) is 0 Å². The van der Waals surface area contributed by atoms with Crippen LogP contribution in [0.4, 0.5) is 8.78 Å². The molecule has 2 N–H and O–H groups in total. The van der Waals surface area contributed by atoms with Crippen molar-refractivity contribution in [3.05, 3.63) is 35.4 Å². The van der Waals surface area contributed by atoms with Gasteiger partial charge in [-0.15, -0.1) is 0 Å². The van der Waals surface area contributed by atoms with Crippen molar-refractivity contribution >= 4 is 5.91 Å². The highest BCUT2D eigenvalue weighted by molar-refractivity contribution is 5.83. The fourth-order valence-corrected chi connectivity index (χ4v) is 2.08. The van der Waals surface area contributed by atoms with Gasteiger partial charge >= 0.3 is 0 Å². The first-order valence-corrected chi connectivity index (χ1v) is 5.90. The Morgan fingerprint density at radius 2 is 2.06 bits per heavy atom. The maximum absolute atomic E-state index is 13.0. The molecule has 98 valence electrons. The van der Waals surface area contributed by atoms with Gasteiger partial charge in [-0.3, -0.25) is 4.79 Å². The van der Waals surface area contributed by atoms with Crippen LogP contribution in [0.25, 0.3) is 0 Å². The summed E-state index contributed by atoms with van der Waals surface area (Å²) in [5, 5.41) is 11.9. The summed E-state index contributed by atoms with van der Waals surface area (Å²) in [6.45, 7) is -0.0333. The van der Waals surface area contributed by atoms with Crippen molar-refractivity contribution < 1.29 is 18.7 Å². The third-order valence-corrected chi connectivity index (χ3v) is 3.53. The molecule has 1 aliphatic carbocycles. The lowest BCUT2D eigenvalue weighted by Crippen LogP contribution is -2.47. The zero-order valence-corrected chi connectivity index (χ0v) is 9.88. The Morgan fingerprint density at radius 3 is 2.56 bits per heavy atom. The molecule has 0 radical (unpaired) electrons. The molecular formula is C13H15F2NO2. The number of halogens is 2. The largest absolute Gasteiger partial charge is 0.395 e. The first-order valence-electron chi connectivity index (χ1n) is 5.90. The molecule has 3 nitrogen and oxygen atoms in total. The third-order valence-electron chi connectivity index (χ3n) is 3.53. The highest BCUT2D eigenvalue weighted by atomic mass is 19.2. The minimum absolute atomic E-state index is 0.137. The number of benzene rings is 1. The molecule has 0 saturated heterocycles. The number of nitrogens with one attached hydrogen (secondary N) is 1. The molecule has 1 saturated carbocycles. The molecule has 0 bridgehead atoms. The van der Waals surface area contributed by atoms with Crippen LogP contribution in [0.5, 0.6) is 0 Å². The first kappa shape index (κ1) is 13.0. The summed E-state index contributed by atoms with van der Waals surface area (Å²) in [4.78, 5) is 11.9. The number of amides is 1. The molecule has 1 aromatic rings. The predicted octanol–water partition coefficient (Wildman–Crippen LogP) is 1.74. The fraction of sp³-hybridized carbons (Fsp3) is 0.462. The number of hydrogen-bond acceptors (Lipinski definition) is 2. The lowest BCUT2D eigenvalue weighted by atomic mass is 9.68. The van der Waals surface area contributed by atoms with E-state index in [4.69, 9.17) is 0 Å². The lowest BCUT2D eigenvalue weighted by Gasteiger charge is -2.38. The molecule has 0 heterocycles. The van der Waals surface area contributed by atoms with Crippen LogP contribution in [-0.4, -0.2) is 17.6 Å². The monoisotopic (exact) mass is 255 g/mol. The fourth-order valence-electron chi connectivity index (χ4n) is 2.08. The average molecular weight is 255 g/mol. The number of aliphatic hydroxyl groups is 1. The molecule has 0 atom stereocenters. The molecular weight excluding hydrogens is 240 g/mol. The molecule has 1 aliphatic rings. The van der Waals surface area contributed by atoms with Gasteiger partial charge in [0.2, 0.25) is 5.91 Å². The second-order valence-corrected chi connectivity index (χ2v) is 4.72. The van der Waals surface area contributed by atoms with Crippen LogP contribution in [0.15, 0.2) is 18.2 Å². The molecule has 1 fully saturated rings. The van der Waals surface area contributed by atoms with Gasteiger partial charge in [-0.2, -0.15) is 0 Å². The van der Waals surface area contributed by atoms with Gasteiger partial charge in [-0.25, -0.2) is 8.78 Å². The van der Waals surface area contributed by atoms with Crippen molar-refractivity contribution in [1.82, 2.24) is 5.32 Å². The summed E-state index contributed by atoms with van der Waals surface area (Å²) in [7, 11) is 0. The van der Waals surface area contributed by atoms with Gasteiger partial charge in [0.15, 0.2) is 11.6 Å². The van der Waals surface area contributed by atoms with E-state index in [1.165, 1.54) is 6.07 Å². The van der Waals surface area contributed by atoms with Crippen molar-refractivity contribution in [2.75, 3.05) is 6.61 Å². The van der Waals surface area contributed by atoms with Crippen LogP contribution in [0.2, 0.25) is 0 Å². The predicted molar refractivity (Wildman–Crippen MR) is 61.6 cm³/mol. The first-order chi connectivity index (χ1) is 8.57. The Kier molecular flexibility index (Phi) is 3.61. The van der Waals surface area contributed by atoms with Crippen molar-refractivity contribution in [3.63, 3.8) is 0 Å². The molecule has 5 heteroatoms. The van der Waals surface area contributed by atoms with Crippen molar-refractivity contribution in [2.45, 2.75) is 25.8 Å². The number of hydrogen-bond donors (Lipinski definition) is 2. The number of carbonyl (C=O) groups is 1. The van der Waals surface area contributed by atoms with E-state index in [-0.39, 0.29) is 19.1 Å². The molecule has 0 aliphatic heterocycles. The molecule has 18 heavy (non-hydrogen) atoms. The summed E-state index contributed by atoms with van der Waals surface area (Å²) in [6, 6.07) is 3.51. The molecule has 2 rings (SSSR count). The lowest BCUT2D eigenvalue weighted by molar-refractivity contribution is -0.139. The van der Waals surface area contributed by atoms with Crippen LogP contribution in [0.3, 0.4) is 0 Å². The zero-order valence-electron chi connectivity index (χ0n) is 9.88. The van der Waals surface area contributed by atoms with Crippen LogP contribution in [0.1, 0.15) is 24.8 Å². The highest BCUT2D eigenvalue weighted by Crippen LogP contribution is 2.40. The molecule has 0 aromatic heterocycles. The van der Waals surface area contributed by atoms with E-state index in [0.717, 1.165) is 18.6 Å². The second kappa shape index (κ2) is 5.02. The SMILES string of the molecule is O=C(NCc1ccc(F)c(F)c1)C1(CO)CCC1. The van der Waals surface area contributed by atoms with Gasteiger partial charge in [0.05, 0.1) is 12.0 Å². The van der Waals surface area contributed by atoms with Crippen molar-refractivity contribution in [1.29, 1.82) is 0 Å². The second-order valence-electron chi connectivity index (χ2n) is 4.72. The third kappa shape index (κ3) is 2.36. The Hall–Kier alpha value is -1.49. The van der Waals surface area contributed by atoms with Crippen molar-refractivity contribution in [3.8, 4) is 0 Å². The minimum atomic E-state index is -0.928. The average Bonchev–Trinajstić information content (AvgIpc) is 2.30. The summed E-state index contributed by atoms with van der Waals surface area (Å²) >= 11 is 0. The summed E-state index contributed by atoms with van der Waals surface area (Å²) < 4.78 is 25.7. The Bertz CT molecular complexity index is 453. The zero-order chi connectivity index (χ0) is 13.2. The normalized spacial score (nSPS) is 17.1. The van der Waals surface area contributed by atoms with Gasteiger partial charge in [-0.1, -0.05) is 12.5 Å². The van der Waals surface area contributed by atoms with Gasteiger partial charge < -0.3 is 10.4 Å². The number of carbonyl (C=O) groups excluding carboxylic acids is 1. The highest BCUT2D eigenvalue weighted by Gasteiger charge is 2.43. The van der Waals surface area contributed by atoms with E-state index < -0.39 is 17.0 Å². The summed E-state index contributed by atoms with van der Waals surface area (Å²) in [5.41, 5.74) is -0.173. The van der Waals surface area contributed by atoms with E-state index in [1.807, 2.05) is 0 Å². The van der Waals surface area contributed by atoms with Crippen LogP contribution in [0, 0.1) is 17.0 Å². The van der Waals surface area contributed by atoms with E-state index in [2.05, 4.69) is 5.32 Å². The Balaban J connectivity index is 1.95. The maximum atomic E-state index is 13.0. The Morgan fingerprint density at radius 1 is 1.33 bits per heavy atom. The van der Waals surface area contributed by atoms with Crippen LogP contribution >= 0.6 is 0 Å². The maximum Gasteiger partial charge on any atom is 0.228 e. The molecule has 1 amide bonds. The van der Waals surface area contributed by atoms with E-state index in [0.29, 0.717) is 18.4 Å². The molecule has 1 aromatic carbocycles. The molecule has 0 spiro atoms. The summed E-state index contributed by atoms with van der Waals surface area (Å²) in [5.74, 6) is -2.06. The topological polar surface area (TPSA) is 49.3 Å². The summed E-state index contributed by atoms with van der Waals surface area (Å²) in [6.07, 6.45) is 2.28. The molecule has 0 unspecified atom stereocenters. The van der Waals surface area contributed by atoms with Crippen LogP contribution in [-0.2, 0) is 11.3 Å². The Labute approximate surface area is 104 Å². The van der Waals surface area contributed by atoms with Gasteiger partial charge in [-0.05, 0) is 30.5 Å². The standard InChI is InChI=1S/C13H15F2NO2/c14-10-3-2-9(6-11(10)15)7-16-12(18)13(8-17)4-1-5-13/h2-3,6,17H,1,4-5,7-8H2,(H,16,18). The smallest absolute Gasteiger partial charge is 0.228 e. The van der Waals surface area contributed by atoms with Gasteiger partial charge in [0, 0.05) is 6.54 Å². The number of aliphatic hydroxyl groups excluding tert-OH is 1. The number of rotatable bonds is 4. The van der Waals surface area contributed by atoms with E-state index in [9.17, 15) is 18.7 Å². The van der Waals surface area contributed by atoms with Crippen LogP contribution < -0.4 is 5.32 Å². The van der Waals surface area contributed by atoms with Gasteiger partial charge in [0.25, 0.3) is 0 Å². The quantitative estimate of drug-likeness (QED) is 0.861. The van der Waals surface area contributed by atoms with Crippen molar-refractivity contribution in [2.24, 2.45) is 5.41 Å². The minimum Gasteiger partial charge on any atom is -0.395 e. The van der Waals surface area contributed by atoms with E-state index >= 15 is 0 Å². The van der Waals surface area contributed by atoms with E-state index in [1.54, 1.807) is 0 Å².